The van der Waals surface area contributed by atoms with Gasteiger partial charge in [-0.05, 0) is 48.4 Å². The minimum atomic E-state index is -0.262. The van der Waals surface area contributed by atoms with Gasteiger partial charge < -0.3 is 10.6 Å². The highest BCUT2D eigenvalue weighted by Crippen LogP contribution is 2.19. The zero-order chi connectivity index (χ0) is 15.2. The van der Waals surface area contributed by atoms with Gasteiger partial charge in [0.2, 0.25) is 5.91 Å². The first-order chi connectivity index (χ1) is 10.0. The number of hydrogen-bond donors (Lipinski definition) is 2. The third-order valence-electron chi connectivity index (χ3n) is 2.99. The van der Waals surface area contributed by atoms with Crippen molar-refractivity contribution in [3.05, 3.63) is 63.9 Å². The Balaban J connectivity index is 1.81. The van der Waals surface area contributed by atoms with Gasteiger partial charge in [0, 0.05) is 16.7 Å². The van der Waals surface area contributed by atoms with Gasteiger partial charge in [-0.1, -0.05) is 28.1 Å². The Bertz CT molecular complexity index is 629. The van der Waals surface area contributed by atoms with Gasteiger partial charge in [-0.25, -0.2) is 4.39 Å². The number of hydrogen-bond acceptors (Lipinski definition) is 2. The summed E-state index contributed by atoms with van der Waals surface area (Å²) in [4.78, 5) is 11.8. The number of carbonyl (C=O) groups excluding carboxylic acids is 1. The number of aryl methyl sites for hydroxylation is 1. The lowest BCUT2D eigenvalue weighted by molar-refractivity contribution is -0.115. The first-order valence-electron chi connectivity index (χ1n) is 6.56. The van der Waals surface area contributed by atoms with E-state index in [1.54, 1.807) is 12.1 Å². The number of halogens is 2. The molecule has 0 atom stereocenters. The van der Waals surface area contributed by atoms with Gasteiger partial charge >= 0.3 is 0 Å². The molecule has 110 valence electrons. The van der Waals surface area contributed by atoms with E-state index in [9.17, 15) is 9.18 Å². The standard InChI is InChI=1S/C16H16BrFN2O/c1-11-8-13(17)4-7-15(11)20-16(21)10-19-9-12-2-5-14(18)6-3-12/h2-8,19H,9-10H2,1H3,(H,20,21). The molecule has 2 aromatic rings. The molecule has 0 spiro atoms. The summed E-state index contributed by atoms with van der Waals surface area (Å²) in [6.07, 6.45) is 0. The Hall–Kier alpha value is -1.72. The zero-order valence-electron chi connectivity index (χ0n) is 11.6. The lowest BCUT2D eigenvalue weighted by atomic mass is 10.2. The summed E-state index contributed by atoms with van der Waals surface area (Å²) >= 11 is 3.38. The van der Waals surface area contributed by atoms with Crippen molar-refractivity contribution in [2.45, 2.75) is 13.5 Å². The highest BCUT2D eigenvalue weighted by Gasteiger charge is 2.05. The van der Waals surface area contributed by atoms with E-state index < -0.39 is 0 Å². The van der Waals surface area contributed by atoms with E-state index >= 15 is 0 Å². The van der Waals surface area contributed by atoms with Crippen molar-refractivity contribution in [3.63, 3.8) is 0 Å². The fourth-order valence-corrected chi connectivity index (χ4v) is 2.36. The third kappa shape index (κ3) is 4.95. The molecule has 2 N–H and O–H groups in total. The molecule has 0 aliphatic carbocycles. The fourth-order valence-electron chi connectivity index (χ4n) is 1.88. The molecule has 0 heterocycles. The van der Waals surface area contributed by atoms with Crippen LogP contribution in [0.25, 0.3) is 0 Å². The predicted molar refractivity (Wildman–Crippen MR) is 85.6 cm³/mol. The molecule has 2 rings (SSSR count). The smallest absolute Gasteiger partial charge is 0.238 e. The average Bonchev–Trinajstić information content (AvgIpc) is 2.44. The Morgan fingerprint density at radius 3 is 2.57 bits per heavy atom. The van der Waals surface area contributed by atoms with Crippen molar-refractivity contribution in [3.8, 4) is 0 Å². The van der Waals surface area contributed by atoms with Crippen LogP contribution < -0.4 is 10.6 Å². The van der Waals surface area contributed by atoms with Gasteiger partial charge in [-0.3, -0.25) is 4.79 Å². The van der Waals surface area contributed by atoms with Gasteiger partial charge in [-0.15, -0.1) is 0 Å². The molecule has 5 heteroatoms. The maximum absolute atomic E-state index is 12.8. The van der Waals surface area contributed by atoms with Crippen molar-refractivity contribution in [2.24, 2.45) is 0 Å². The maximum atomic E-state index is 12.8. The Labute approximate surface area is 131 Å². The second-order valence-corrected chi connectivity index (χ2v) is 5.65. The van der Waals surface area contributed by atoms with E-state index in [2.05, 4.69) is 26.6 Å². The molecule has 3 nitrogen and oxygen atoms in total. The lowest BCUT2D eigenvalue weighted by Crippen LogP contribution is -2.27. The molecule has 0 aliphatic rings. The van der Waals surface area contributed by atoms with Gasteiger partial charge in [0.15, 0.2) is 0 Å². The minimum absolute atomic E-state index is 0.109. The molecule has 0 radical (unpaired) electrons. The van der Waals surface area contributed by atoms with Crippen LogP contribution in [-0.4, -0.2) is 12.5 Å². The molecule has 0 bridgehead atoms. The average molecular weight is 351 g/mol. The summed E-state index contributed by atoms with van der Waals surface area (Å²) in [7, 11) is 0. The van der Waals surface area contributed by atoms with E-state index in [1.165, 1.54) is 12.1 Å². The third-order valence-corrected chi connectivity index (χ3v) is 3.48. The van der Waals surface area contributed by atoms with E-state index in [4.69, 9.17) is 0 Å². The number of benzene rings is 2. The van der Waals surface area contributed by atoms with Crippen LogP contribution in [0.15, 0.2) is 46.9 Å². The van der Waals surface area contributed by atoms with Crippen molar-refractivity contribution in [1.29, 1.82) is 0 Å². The van der Waals surface area contributed by atoms with Crippen LogP contribution in [0.4, 0.5) is 10.1 Å². The number of nitrogens with one attached hydrogen (secondary N) is 2. The van der Waals surface area contributed by atoms with Crippen LogP contribution in [0.2, 0.25) is 0 Å². The molecule has 21 heavy (non-hydrogen) atoms. The number of amides is 1. The number of carbonyl (C=O) groups is 1. The Morgan fingerprint density at radius 1 is 1.19 bits per heavy atom. The zero-order valence-corrected chi connectivity index (χ0v) is 13.2. The molecular formula is C16H16BrFN2O. The molecule has 0 saturated heterocycles. The SMILES string of the molecule is Cc1cc(Br)ccc1NC(=O)CNCc1ccc(F)cc1. The van der Waals surface area contributed by atoms with Crippen LogP contribution in [0.1, 0.15) is 11.1 Å². The molecule has 0 saturated carbocycles. The van der Waals surface area contributed by atoms with Crippen LogP contribution in [0, 0.1) is 12.7 Å². The molecule has 0 fully saturated rings. The highest BCUT2D eigenvalue weighted by molar-refractivity contribution is 9.10. The summed E-state index contributed by atoms with van der Waals surface area (Å²) in [5.41, 5.74) is 2.73. The number of rotatable bonds is 5. The number of anilines is 1. The van der Waals surface area contributed by atoms with Gasteiger partial charge in [0.05, 0.1) is 6.54 Å². The normalized spacial score (nSPS) is 10.4. The summed E-state index contributed by atoms with van der Waals surface area (Å²) in [6, 6.07) is 11.9. The Morgan fingerprint density at radius 2 is 1.90 bits per heavy atom. The van der Waals surface area contributed by atoms with Gasteiger partial charge in [-0.2, -0.15) is 0 Å². The molecule has 2 aromatic carbocycles. The summed E-state index contributed by atoms with van der Waals surface area (Å²) in [6.45, 7) is 2.66. The van der Waals surface area contributed by atoms with Gasteiger partial charge in [0.1, 0.15) is 5.82 Å². The van der Waals surface area contributed by atoms with Crippen LogP contribution >= 0.6 is 15.9 Å². The largest absolute Gasteiger partial charge is 0.325 e. The quantitative estimate of drug-likeness (QED) is 0.864. The van der Waals surface area contributed by atoms with Crippen molar-refractivity contribution >= 4 is 27.5 Å². The topological polar surface area (TPSA) is 41.1 Å². The molecular weight excluding hydrogens is 335 g/mol. The first-order valence-corrected chi connectivity index (χ1v) is 7.35. The lowest BCUT2D eigenvalue weighted by Gasteiger charge is -2.09. The second-order valence-electron chi connectivity index (χ2n) is 4.74. The highest BCUT2D eigenvalue weighted by atomic mass is 79.9. The van der Waals surface area contributed by atoms with Crippen LogP contribution in [0.5, 0.6) is 0 Å². The van der Waals surface area contributed by atoms with Gasteiger partial charge in [0.25, 0.3) is 0 Å². The minimum Gasteiger partial charge on any atom is -0.325 e. The summed E-state index contributed by atoms with van der Waals surface area (Å²) in [5.74, 6) is -0.371. The summed E-state index contributed by atoms with van der Waals surface area (Å²) in [5, 5.41) is 5.88. The molecule has 0 aromatic heterocycles. The molecule has 0 aliphatic heterocycles. The first kappa shape index (κ1) is 15.7. The van der Waals surface area contributed by atoms with Crippen LogP contribution in [-0.2, 0) is 11.3 Å². The van der Waals surface area contributed by atoms with Crippen LogP contribution in [0.3, 0.4) is 0 Å². The van der Waals surface area contributed by atoms with E-state index in [-0.39, 0.29) is 18.3 Å². The molecule has 1 amide bonds. The maximum Gasteiger partial charge on any atom is 0.238 e. The Kier molecular flexibility index (Phi) is 5.47. The van der Waals surface area contributed by atoms with Crippen molar-refractivity contribution in [2.75, 3.05) is 11.9 Å². The van der Waals surface area contributed by atoms with E-state index in [0.29, 0.717) is 6.54 Å². The second kappa shape index (κ2) is 7.33. The van der Waals surface area contributed by atoms with Crippen molar-refractivity contribution < 1.29 is 9.18 Å². The van der Waals surface area contributed by atoms with E-state index in [1.807, 2.05) is 25.1 Å². The summed E-state index contributed by atoms with van der Waals surface area (Å²) < 4.78 is 13.7. The van der Waals surface area contributed by atoms with Crippen molar-refractivity contribution in [1.82, 2.24) is 5.32 Å². The van der Waals surface area contributed by atoms with E-state index in [0.717, 1.165) is 21.3 Å². The fraction of sp³-hybridized carbons (Fsp3) is 0.188. The predicted octanol–water partition coefficient (Wildman–Crippen LogP) is 3.62. The monoisotopic (exact) mass is 350 g/mol. The molecule has 0 unspecified atom stereocenters.